The van der Waals surface area contributed by atoms with Crippen molar-refractivity contribution in [2.75, 3.05) is 17.7 Å². The molecule has 0 spiro atoms. The Morgan fingerprint density at radius 2 is 2.11 bits per heavy atom. The van der Waals surface area contributed by atoms with Gasteiger partial charge >= 0.3 is 0 Å². The summed E-state index contributed by atoms with van der Waals surface area (Å²) in [7, 11) is 1.58. The summed E-state index contributed by atoms with van der Waals surface area (Å²) in [5, 5.41) is 5.92. The molecule has 1 aromatic carbocycles. The third-order valence-electron chi connectivity index (χ3n) is 4.76. The van der Waals surface area contributed by atoms with Crippen LogP contribution in [0.15, 0.2) is 30.5 Å². The highest BCUT2D eigenvalue weighted by Crippen LogP contribution is 2.42. The number of nitrogens with zero attached hydrogens (tertiary/aromatic N) is 1. The van der Waals surface area contributed by atoms with Crippen LogP contribution in [-0.2, 0) is 9.59 Å². The van der Waals surface area contributed by atoms with E-state index < -0.39 is 0 Å². The van der Waals surface area contributed by atoms with E-state index in [-0.39, 0.29) is 23.7 Å². The minimum Gasteiger partial charge on any atom is -0.481 e. The molecule has 2 amide bonds. The topological polar surface area (TPSA) is 80.3 Å². The van der Waals surface area contributed by atoms with Gasteiger partial charge in [0, 0.05) is 41.9 Å². The first-order valence-corrected chi connectivity index (χ1v) is 9.12. The molecule has 6 heteroatoms. The van der Waals surface area contributed by atoms with E-state index in [0.717, 1.165) is 28.1 Å². The monoisotopic (exact) mass is 367 g/mol. The predicted octanol–water partition coefficient (Wildman–Crippen LogP) is 3.86. The number of carbonyl (C=O) groups excluding carboxylic acids is 2. The summed E-state index contributed by atoms with van der Waals surface area (Å²) < 4.78 is 5.39. The maximum atomic E-state index is 12.4. The maximum Gasteiger partial charge on any atom is 0.225 e. The first kappa shape index (κ1) is 18.9. The molecule has 1 aliphatic rings. The van der Waals surface area contributed by atoms with Crippen LogP contribution >= 0.6 is 0 Å². The van der Waals surface area contributed by atoms with Crippen LogP contribution in [0.25, 0.3) is 0 Å². The second-order valence-corrected chi connectivity index (χ2v) is 7.26. The zero-order valence-electron chi connectivity index (χ0n) is 16.1. The second-order valence-electron chi connectivity index (χ2n) is 7.26. The fourth-order valence-corrected chi connectivity index (χ4v) is 3.50. The highest BCUT2D eigenvalue weighted by molar-refractivity contribution is 5.99. The van der Waals surface area contributed by atoms with Gasteiger partial charge in [-0.3, -0.25) is 9.59 Å². The highest BCUT2D eigenvalue weighted by Gasteiger charge is 2.30. The molecular formula is C21H25N3O3. The number of hydrogen-bond donors (Lipinski definition) is 2. The number of nitrogens with one attached hydrogen (secondary N) is 2. The number of anilines is 2. The molecule has 1 atom stereocenters. The van der Waals surface area contributed by atoms with E-state index in [0.29, 0.717) is 18.7 Å². The number of rotatable bonds is 5. The number of aromatic nitrogens is 1. The molecule has 1 aliphatic heterocycles. The van der Waals surface area contributed by atoms with E-state index in [9.17, 15) is 9.59 Å². The van der Waals surface area contributed by atoms with Crippen LogP contribution in [0.3, 0.4) is 0 Å². The number of amides is 2. The predicted molar refractivity (Wildman–Crippen MR) is 105 cm³/mol. The number of pyridine rings is 1. The average Bonchev–Trinajstić information content (AvgIpc) is 2.63. The van der Waals surface area contributed by atoms with Gasteiger partial charge in [0.1, 0.15) is 0 Å². The Kier molecular flexibility index (Phi) is 5.44. The third kappa shape index (κ3) is 3.94. The van der Waals surface area contributed by atoms with E-state index in [1.54, 1.807) is 13.3 Å². The molecule has 1 aromatic heterocycles. The molecular weight excluding hydrogens is 342 g/mol. The number of methoxy groups -OCH3 is 1. The van der Waals surface area contributed by atoms with Crippen LogP contribution in [0, 0.1) is 12.8 Å². The fourth-order valence-electron chi connectivity index (χ4n) is 3.50. The van der Waals surface area contributed by atoms with Crippen molar-refractivity contribution >= 4 is 23.2 Å². The maximum absolute atomic E-state index is 12.4. The molecule has 27 heavy (non-hydrogen) atoms. The Morgan fingerprint density at radius 3 is 2.81 bits per heavy atom. The number of fused-ring (bicyclic) bond motifs is 1. The SMILES string of the molecule is COc1ncccc1C1CC(=O)Nc2c1ccc(NC(=O)CC(C)C)c2C. The lowest BCUT2D eigenvalue weighted by Gasteiger charge is -2.29. The van der Waals surface area contributed by atoms with Crippen LogP contribution in [0.2, 0.25) is 0 Å². The number of carbonyl (C=O) groups is 2. The Balaban J connectivity index is 2.00. The lowest BCUT2D eigenvalue weighted by molar-refractivity contribution is -0.117. The van der Waals surface area contributed by atoms with Crippen LogP contribution in [-0.4, -0.2) is 23.9 Å². The average molecular weight is 367 g/mol. The summed E-state index contributed by atoms with van der Waals surface area (Å²) in [5.41, 5.74) is 4.21. The molecule has 0 fully saturated rings. The number of benzene rings is 1. The normalized spacial score (nSPS) is 15.9. The molecule has 6 nitrogen and oxygen atoms in total. The van der Waals surface area contributed by atoms with E-state index >= 15 is 0 Å². The molecule has 0 saturated carbocycles. The number of hydrogen-bond acceptors (Lipinski definition) is 4. The van der Waals surface area contributed by atoms with Crippen molar-refractivity contribution in [2.24, 2.45) is 5.92 Å². The standard InChI is InChI=1S/C21H25N3O3/c1-12(2)10-18(25)23-17-8-7-14-16(11-19(26)24-20(14)13(17)3)15-6-5-9-22-21(15)27-4/h5-9,12,16H,10-11H2,1-4H3,(H,23,25)(H,24,26). The number of ether oxygens (including phenoxy) is 1. The van der Waals surface area contributed by atoms with Gasteiger partial charge in [0.25, 0.3) is 0 Å². The van der Waals surface area contributed by atoms with Crippen LogP contribution < -0.4 is 15.4 Å². The van der Waals surface area contributed by atoms with E-state index in [1.807, 2.05) is 45.0 Å². The largest absolute Gasteiger partial charge is 0.481 e. The lowest BCUT2D eigenvalue weighted by Crippen LogP contribution is -2.25. The van der Waals surface area contributed by atoms with Gasteiger partial charge in [-0.15, -0.1) is 0 Å². The molecule has 3 rings (SSSR count). The van der Waals surface area contributed by atoms with Crippen LogP contribution in [0.1, 0.15) is 49.3 Å². The molecule has 142 valence electrons. The summed E-state index contributed by atoms with van der Waals surface area (Å²) in [6, 6.07) is 7.65. The van der Waals surface area contributed by atoms with Gasteiger partial charge in [-0.2, -0.15) is 0 Å². The Hall–Kier alpha value is -2.89. The molecule has 2 aromatic rings. The first-order chi connectivity index (χ1) is 12.9. The second kappa shape index (κ2) is 7.78. The van der Waals surface area contributed by atoms with Gasteiger partial charge in [0.05, 0.1) is 7.11 Å². The zero-order chi connectivity index (χ0) is 19.6. The lowest BCUT2D eigenvalue weighted by atomic mass is 9.83. The quantitative estimate of drug-likeness (QED) is 0.841. The van der Waals surface area contributed by atoms with Crippen molar-refractivity contribution in [3.05, 3.63) is 47.2 Å². The van der Waals surface area contributed by atoms with Gasteiger partial charge in [-0.1, -0.05) is 26.0 Å². The Morgan fingerprint density at radius 1 is 1.33 bits per heavy atom. The summed E-state index contributed by atoms with van der Waals surface area (Å²) in [5.74, 6) is 0.574. The third-order valence-corrected chi connectivity index (χ3v) is 4.76. The van der Waals surface area contributed by atoms with Crippen molar-refractivity contribution in [1.29, 1.82) is 0 Å². The van der Waals surface area contributed by atoms with Crippen molar-refractivity contribution < 1.29 is 14.3 Å². The van der Waals surface area contributed by atoms with E-state index in [2.05, 4.69) is 15.6 Å². The van der Waals surface area contributed by atoms with Crippen molar-refractivity contribution in [2.45, 2.75) is 39.5 Å². The van der Waals surface area contributed by atoms with Crippen LogP contribution in [0.4, 0.5) is 11.4 Å². The van der Waals surface area contributed by atoms with Crippen molar-refractivity contribution in [3.8, 4) is 5.88 Å². The summed E-state index contributed by atoms with van der Waals surface area (Å²) >= 11 is 0. The molecule has 1 unspecified atom stereocenters. The molecule has 0 aliphatic carbocycles. The van der Waals surface area contributed by atoms with E-state index in [1.165, 1.54) is 0 Å². The minimum absolute atomic E-state index is 0.0272. The van der Waals surface area contributed by atoms with Crippen LogP contribution in [0.5, 0.6) is 5.88 Å². The molecule has 2 N–H and O–H groups in total. The smallest absolute Gasteiger partial charge is 0.225 e. The van der Waals surface area contributed by atoms with Gasteiger partial charge in [0.2, 0.25) is 17.7 Å². The van der Waals surface area contributed by atoms with Gasteiger partial charge in [0.15, 0.2) is 0 Å². The summed E-state index contributed by atoms with van der Waals surface area (Å²) in [6.45, 7) is 5.92. The Labute approximate surface area is 159 Å². The molecule has 0 saturated heterocycles. The first-order valence-electron chi connectivity index (χ1n) is 9.12. The minimum atomic E-state index is -0.142. The molecule has 0 bridgehead atoms. The van der Waals surface area contributed by atoms with Gasteiger partial charge in [-0.05, 0) is 36.1 Å². The van der Waals surface area contributed by atoms with Crippen molar-refractivity contribution in [3.63, 3.8) is 0 Å². The molecule has 2 heterocycles. The highest BCUT2D eigenvalue weighted by atomic mass is 16.5. The Bertz CT molecular complexity index is 877. The zero-order valence-corrected chi connectivity index (χ0v) is 16.1. The summed E-state index contributed by atoms with van der Waals surface area (Å²) in [4.78, 5) is 28.8. The molecule has 0 radical (unpaired) electrons. The van der Waals surface area contributed by atoms with Crippen molar-refractivity contribution in [1.82, 2.24) is 4.98 Å². The van der Waals surface area contributed by atoms with E-state index in [4.69, 9.17) is 4.74 Å². The summed E-state index contributed by atoms with van der Waals surface area (Å²) in [6.07, 6.45) is 2.46. The van der Waals surface area contributed by atoms with Gasteiger partial charge < -0.3 is 15.4 Å². The fraction of sp³-hybridized carbons (Fsp3) is 0.381. The van der Waals surface area contributed by atoms with Gasteiger partial charge in [-0.25, -0.2) is 4.98 Å².